The van der Waals surface area contributed by atoms with E-state index >= 15 is 0 Å². The Balaban J connectivity index is 2.10. The standard InChI is InChI=1S/C12H24N2O4S2/c1-14(12-4-2-3-10(12)9-13)20(17,18)11-5-7-19(15,16)8-6-11/h10-12H,2-9,13H2,1H3. The summed E-state index contributed by atoms with van der Waals surface area (Å²) in [7, 11) is -4.84. The molecule has 20 heavy (non-hydrogen) atoms. The second-order valence-corrected chi connectivity index (χ2v) is 10.5. The second-order valence-electron chi connectivity index (χ2n) is 5.91. The molecule has 0 aromatic heterocycles. The first-order valence-corrected chi connectivity index (χ1v) is 10.5. The van der Waals surface area contributed by atoms with Crippen molar-refractivity contribution in [2.45, 2.75) is 43.4 Å². The quantitative estimate of drug-likeness (QED) is 0.782. The van der Waals surface area contributed by atoms with E-state index in [1.807, 2.05) is 0 Å². The number of sulfonamides is 1. The topological polar surface area (TPSA) is 97.5 Å². The lowest BCUT2D eigenvalue weighted by Crippen LogP contribution is -2.47. The van der Waals surface area contributed by atoms with Crippen molar-refractivity contribution < 1.29 is 16.8 Å². The molecule has 2 rings (SSSR count). The summed E-state index contributed by atoms with van der Waals surface area (Å²) in [4.78, 5) is 0. The van der Waals surface area contributed by atoms with E-state index in [1.54, 1.807) is 7.05 Å². The highest BCUT2D eigenvalue weighted by Gasteiger charge is 2.40. The Hall–Kier alpha value is -0.180. The van der Waals surface area contributed by atoms with Crippen molar-refractivity contribution >= 4 is 19.9 Å². The van der Waals surface area contributed by atoms with E-state index in [9.17, 15) is 16.8 Å². The Morgan fingerprint density at radius 2 is 1.75 bits per heavy atom. The first-order chi connectivity index (χ1) is 9.28. The fraction of sp³-hybridized carbons (Fsp3) is 1.00. The zero-order valence-corrected chi connectivity index (χ0v) is 13.5. The molecule has 2 fully saturated rings. The van der Waals surface area contributed by atoms with Gasteiger partial charge in [0.15, 0.2) is 0 Å². The van der Waals surface area contributed by atoms with Gasteiger partial charge in [0.25, 0.3) is 0 Å². The smallest absolute Gasteiger partial charge is 0.217 e. The van der Waals surface area contributed by atoms with Crippen LogP contribution in [0.1, 0.15) is 32.1 Å². The summed E-state index contributed by atoms with van der Waals surface area (Å²) in [6, 6.07) is -0.0245. The van der Waals surface area contributed by atoms with Gasteiger partial charge in [-0.25, -0.2) is 21.1 Å². The molecule has 1 heterocycles. The molecular formula is C12H24N2O4S2. The molecule has 0 aromatic rings. The number of sulfone groups is 1. The van der Waals surface area contributed by atoms with Crippen molar-refractivity contribution in [1.82, 2.24) is 4.31 Å². The van der Waals surface area contributed by atoms with Gasteiger partial charge in [-0.15, -0.1) is 0 Å². The summed E-state index contributed by atoms with van der Waals surface area (Å²) in [5, 5.41) is -0.560. The maximum atomic E-state index is 12.6. The zero-order valence-electron chi connectivity index (χ0n) is 11.9. The van der Waals surface area contributed by atoms with Gasteiger partial charge in [-0.05, 0) is 38.1 Å². The molecule has 2 unspecified atom stereocenters. The summed E-state index contributed by atoms with van der Waals surface area (Å²) in [6.45, 7) is 0.504. The van der Waals surface area contributed by atoms with Crippen molar-refractivity contribution in [3.8, 4) is 0 Å². The number of hydrogen-bond donors (Lipinski definition) is 1. The van der Waals surface area contributed by atoms with E-state index in [-0.39, 0.29) is 36.3 Å². The molecule has 1 saturated carbocycles. The van der Waals surface area contributed by atoms with Crippen molar-refractivity contribution in [3.05, 3.63) is 0 Å². The first kappa shape index (κ1) is 16.2. The number of hydrogen-bond acceptors (Lipinski definition) is 5. The van der Waals surface area contributed by atoms with Crippen LogP contribution in [0.2, 0.25) is 0 Å². The lowest BCUT2D eigenvalue weighted by atomic mass is 10.0. The molecule has 2 atom stereocenters. The number of rotatable bonds is 4. The highest BCUT2D eigenvalue weighted by Crippen LogP contribution is 2.32. The van der Waals surface area contributed by atoms with Gasteiger partial charge < -0.3 is 5.73 Å². The lowest BCUT2D eigenvalue weighted by molar-refractivity contribution is 0.300. The van der Waals surface area contributed by atoms with Crippen LogP contribution < -0.4 is 5.73 Å². The molecule has 2 aliphatic rings. The molecule has 2 N–H and O–H groups in total. The van der Waals surface area contributed by atoms with E-state index in [4.69, 9.17) is 5.73 Å². The molecule has 8 heteroatoms. The minimum absolute atomic E-state index is 0.0181. The Morgan fingerprint density at radius 1 is 1.15 bits per heavy atom. The zero-order chi connectivity index (χ0) is 15.0. The van der Waals surface area contributed by atoms with Crippen LogP contribution in [0.3, 0.4) is 0 Å². The van der Waals surface area contributed by atoms with E-state index in [1.165, 1.54) is 4.31 Å². The third kappa shape index (κ3) is 3.18. The molecule has 0 amide bonds. The Labute approximate surface area is 121 Å². The Kier molecular flexibility index (Phi) is 4.78. The molecule has 0 bridgehead atoms. The minimum Gasteiger partial charge on any atom is -0.330 e. The average Bonchev–Trinajstić information content (AvgIpc) is 2.85. The van der Waals surface area contributed by atoms with Crippen LogP contribution in [0, 0.1) is 5.92 Å². The highest BCUT2D eigenvalue weighted by atomic mass is 32.2. The van der Waals surface area contributed by atoms with Gasteiger partial charge in [0.05, 0.1) is 16.8 Å². The predicted octanol–water partition coefficient (Wildman–Crippen LogP) is -0.0474. The van der Waals surface area contributed by atoms with Crippen LogP contribution >= 0.6 is 0 Å². The summed E-state index contributed by atoms with van der Waals surface area (Å²) < 4.78 is 49.6. The summed E-state index contributed by atoms with van der Waals surface area (Å²) in [5.74, 6) is 0.188. The fourth-order valence-corrected chi connectivity index (χ4v) is 7.11. The molecule has 1 aliphatic carbocycles. The fourth-order valence-electron chi connectivity index (χ4n) is 3.36. The van der Waals surface area contributed by atoms with Crippen LogP contribution in [-0.2, 0) is 19.9 Å². The van der Waals surface area contributed by atoms with Gasteiger partial charge in [-0.3, -0.25) is 0 Å². The van der Waals surface area contributed by atoms with Crippen LogP contribution in [-0.4, -0.2) is 57.5 Å². The van der Waals surface area contributed by atoms with Crippen LogP contribution in [0.15, 0.2) is 0 Å². The average molecular weight is 324 g/mol. The van der Waals surface area contributed by atoms with E-state index < -0.39 is 25.1 Å². The van der Waals surface area contributed by atoms with Gasteiger partial charge in [0, 0.05) is 13.1 Å². The van der Waals surface area contributed by atoms with Crippen LogP contribution in [0.5, 0.6) is 0 Å². The molecule has 6 nitrogen and oxygen atoms in total. The highest BCUT2D eigenvalue weighted by molar-refractivity contribution is 7.92. The molecule has 1 aliphatic heterocycles. The third-order valence-electron chi connectivity index (χ3n) is 4.71. The Morgan fingerprint density at radius 3 is 2.30 bits per heavy atom. The van der Waals surface area contributed by atoms with E-state index in [0.29, 0.717) is 6.54 Å². The van der Waals surface area contributed by atoms with Gasteiger partial charge in [-0.1, -0.05) is 6.42 Å². The molecule has 0 radical (unpaired) electrons. The van der Waals surface area contributed by atoms with Crippen molar-refractivity contribution in [2.24, 2.45) is 11.7 Å². The van der Waals surface area contributed by atoms with Gasteiger partial charge in [-0.2, -0.15) is 0 Å². The molecule has 0 spiro atoms. The number of nitrogens with two attached hydrogens (primary N) is 1. The normalized spacial score (nSPS) is 31.8. The SMILES string of the molecule is CN(C1CCCC1CN)S(=O)(=O)C1CCS(=O)(=O)CC1. The van der Waals surface area contributed by atoms with E-state index in [2.05, 4.69) is 0 Å². The summed E-state index contributed by atoms with van der Waals surface area (Å²) >= 11 is 0. The van der Waals surface area contributed by atoms with Crippen LogP contribution in [0.4, 0.5) is 0 Å². The Bertz CT molecular complexity index is 530. The monoisotopic (exact) mass is 324 g/mol. The minimum atomic E-state index is -3.43. The molecule has 118 valence electrons. The van der Waals surface area contributed by atoms with Gasteiger partial charge in [0.2, 0.25) is 10.0 Å². The number of nitrogens with zero attached hydrogens (tertiary/aromatic N) is 1. The summed E-state index contributed by atoms with van der Waals surface area (Å²) in [6.07, 6.45) is 3.26. The third-order valence-corrected chi connectivity index (χ3v) is 8.82. The van der Waals surface area contributed by atoms with E-state index in [0.717, 1.165) is 19.3 Å². The van der Waals surface area contributed by atoms with Crippen molar-refractivity contribution in [2.75, 3.05) is 25.1 Å². The lowest BCUT2D eigenvalue weighted by Gasteiger charge is -2.33. The molecular weight excluding hydrogens is 300 g/mol. The largest absolute Gasteiger partial charge is 0.330 e. The van der Waals surface area contributed by atoms with Gasteiger partial charge >= 0.3 is 0 Å². The summed E-state index contributed by atoms with van der Waals surface area (Å²) in [5.41, 5.74) is 5.72. The second kappa shape index (κ2) is 5.90. The first-order valence-electron chi connectivity index (χ1n) is 7.15. The predicted molar refractivity (Wildman–Crippen MR) is 78.5 cm³/mol. The van der Waals surface area contributed by atoms with Crippen molar-refractivity contribution in [1.29, 1.82) is 0 Å². The maximum absolute atomic E-state index is 12.6. The molecule has 1 saturated heterocycles. The maximum Gasteiger partial charge on any atom is 0.217 e. The van der Waals surface area contributed by atoms with Crippen molar-refractivity contribution in [3.63, 3.8) is 0 Å². The van der Waals surface area contributed by atoms with Gasteiger partial charge in [0.1, 0.15) is 9.84 Å². The van der Waals surface area contributed by atoms with Crippen LogP contribution in [0.25, 0.3) is 0 Å². The molecule has 0 aromatic carbocycles.